The maximum absolute atomic E-state index is 12.8. The van der Waals surface area contributed by atoms with Crippen molar-refractivity contribution in [3.05, 3.63) is 53.6 Å². The van der Waals surface area contributed by atoms with Crippen LogP contribution in [0.15, 0.2) is 47.5 Å². The van der Waals surface area contributed by atoms with Crippen molar-refractivity contribution in [1.82, 2.24) is 0 Å². The van der Waals surface area contributed by atoms with Crippen molar-refractivity contribution in [2.24, 2.45) is 10.9 Å². The normalized spacial score (nSPS) is 18.4. The van der Waals surface area contributed by atoms with Gasteiger partial charge in [-0.2, -0.15) is 0 Å². The number of hydrogen-bond donors (Lipinski definition) is 0. The second-order valence-electron chi connectivity index (χ2n) is 6.41. The number of carbonyl (C=O) groups excluding carboxylic acids is 1. The summed E-state index contributed by atoms with van der Waals surface area (Å²) >= 11 is 0. The monoisotopic (exact) mass is 383 g/mol. The number of methoxy groups -OCH3 is 3. The minimum absolute atomic E-state index is 0.129. The number of hydrogen-bond acceptors (Lipinski definition) is 6. The second-order valence-corrected chi connectivity index (χ2v) is 6.41. The summed E-state index contributed by atoms with van der Waals surface area (Å²) < 4.78 is 21.3. The molecule has 0 N–H and O–H groups in total. The fourth-order valence-electron chi connectivity index (χ4n) is 3.51. The molecule has 6 heteroatoms. The SMILES string of the molecule is CCOC(=O)C1C(c2ccc(OC)cc2)=NCC1c1ccc(OC)c(OC)c1. The Morgan fingerprint density at radius 2 is 1.71 bits per heavy atom. The highest BCUT2D eigenvalue weighted by molar-refractivity contribution is 6.13. The van der Waals surface area contributed by atoms with E-state index in [1.54, 1.807) is 21.3 Å². The molecule has 2 atom stereocenters. The molecule has 2 unspecified atom stereocenters. The standard InChI is InChI=1S/C22H25NO5/c1-5-28-22(24)20-17(15-8-11-18(26-3)19(12-15)27-4)13-23-21(20)14-6-9-16(25-2)10-7-14/h6-12,17,20H,5,13H2,1-4H3. The summed E-state index contributed by atoms with van der Waals surface area (Å²) in [7, 11) is 4.81. The lowest BCUT2D eigenvalue weighted by atomic mass is 9.83. The van der Waals surface area contributed by atoms with Gasteiger partial charge in [-0.25, -0.2) is 0 Å². The van der Waals surface area contributed by atoms with E-state index in [-0.39, 0.29) is 11.9 Å². The van der Waals surface area contributed by atoms with E-state index < -0.39 is 5.92 Å². The van der Waals surface area contributed by atoms with Gasteiger partial charge >= 0.3 is 5.97 Å². The molecule has 0 aliphatic carbocycles. The molecule has 3 rings (SSSR count). The van der Waals surface area contributed by atoms with E-state index in [9.17, 15) is 4.79 Å². The Bertz CT molecular complexity index is 860. The summed E-state index contributed by atoms with van der Waals surface area (Å²) in [6.45, 7) is 2.63. The Labute approximate surface area is 165 Å². The summed E-state index contributed by atoms with van der Waals surface area (Å²) in [6, 6.07) is 13.3. The van der Waals surface area contributed by atoms with Crippen LogP contribution < -0.4 is 14.2 Å². The average Bonchev–Trinajstić information content (AvgIpc) is 3.18. The van der Waals surface area contributed by atoms with Crippen molar-refractivity contribution in [1.29, 1.82) is 0 Å². The Balaban J connectivity index is 1.97. The lowest BCUT2D eigenvalue weighted by molar-refractivity contribution is -0.145. The van der Waals surface area contributed by atoms with Gasteiger partial charge in [-0.15, -0.1) is 0 Å². The molecule has 6 nitrogen and oxygen atoms in total. The lowest BCUT2D eigenvalue weighted by Crippen LogP contribution is -2.29. The van der Waals surface area contributed by atoms with E-state index in [1.165, 1.54) is 0 Å². The molecular weight excluding hydrogens is 358 g/mol. The molecule has 148 valence electrons. The third kappa shape index (κ3) is 3.81. The van der Waals surface area contributed by atoms with Gasteiger partial charge in [-0.3, -0.25) is 9.79 Å². The predicted octanol–water partition coefficient (Wildman–Crippen LogP) is 3.48. The third-order valence-corrected chi connectivity index (χ3v) is 4.92. The van der Waals surface area contributed by atoms with E-state index in [1.807, 2.05) is 49.4 Å². The van der Waals surface area contributed by atoms with Gasteiger partial charge in [-0.05, 0) is 54.4 Å². The van der Waals surface area contributed by atoms with Crippen molar-refractivity contribution in [2.45, 2.75) is 12.8 Å². The molecule has 0 bridgehead atoms. The highest BCUT2D eigenvalue weighted by Gasteiger charge is 2.40. The van der Waals surface area contributed by atoms with Gasteiger partial charge in [0.2, 0.25) is 0 Å². The number of esters is 1. The number of rotatable bonds is 7. The first-order valence-electron chi connectivity index (χ1n) is 9.20. The molecule has 2 aromatic rings. The molecule has 2 aromatic carbocycles. The summed E-state index contributed by atoms with van der Waals surface area (Å²) in [4.78, 5) is 17.5. The van der Waals surface area contributed by atoms with Crippen LogP contribution in [-0.4, -0.2) is 46.2 Å². The summed E-state index contributed by atoms with van der Waals surface area (Å²) in [6.07, 6.45) is 0. The molecule has 1 heterocycles. The first-order chi connectivity index (χ1) is 13.6. The topological polar surface area (TPSA) is 66.4 Å². The Morgan fingerprint density at radius 1 is 1.00 bits per heavy atom. The van der Waals surface area contributed by atoms with Gasteiger partial charge in [-0.1, -0.05) is 6.07 Å². The van der Waals surface area contributed by atoms with E-state index in [4.69, 9.17) is 23.9 Å². The molecule has 0 radical (unpaired) electrons. The lowest BCUT2D eigenvalue weighted by Gasteiger charge is -2.21. The zero-order valence-corrected chi connectivity index (χ0v) is 16.6. The predicted molar refractivity (Wildman–Crippen MR) is 107 cm³/mol. The summed E-state index contributed by atoms with van der Waals surface area (Å²) in [5.41, 5.74) is 2.59. The Morgan fingerprint density at radius 3 is 2.32 bits per heavy atom. The van der Waals surface area contributed by atoms with Crippen LogP contribution in [0.5, 0.6) is 17.2 Å². The van der Waals surface area contributed by atoms with Gasteiger partial charge in [0.25, 0.3) is 0 Å². The minimum atomic E-state index is -0.480. The van der Waals surface area contributed by atoms with Crippen LogP contribution in [0.1, 0.15) is 24.0 Å². The van der Waals surface area contributed by atoms with Crippen LogP contribution in [-0.2, 0) is 9.53 Å². The molecule has 0 fully saturated rings. The van der Waals surface area contributed by atoms with Crippen LogP contribution >= 0.6 is 0 Å². The fraction of sp³-hybridized carbons (Fsp3) is 0.364. The number of benzene rings is 2. The number of nitrogens with zero attached hydrogens (tertiary/aromatic N) is 1. The third-order valence-electron chi connectivity index (χ3n) is 4.92. The van der Waals surface area contributed by atoms with E-state index in [0.29, 0.717) is 24.7 Å². The zero-order chi connectivity index (χ0) is 20.1. The molecule has 0 spiro atoms. The molecule has 0 amide bonds. The van der Waals surface area contributed by atoms with Gasteiger partial charge in [0.1, 0.15) is 11.7 Å². The molecule has 1 aliphatic rings. The van der Waals surface area contributed by atoms with Crippen LogP contribution in [0.3, 0.4) is 0 Å². The molecular formula is C22H25NO5. The van der Waals surface area contributed by atoms with E-state index in [2.05, 4.69) is 0 Å². The number of ether oxygens (including phenoxy) is 4. The molecule has 0 saturated carbocycles. The van der Waals surface area contributed by atoms with E-state index >= 15 is 0 Å². The highest BCUT2D eigenvalue weighted by atomic mass is 16.5. The van der Waals surface area contributed by atoms with Gasteiger partial charge in [0, 0.05) is 12.5 Å². The number of carbonyl (C=O) groups is 1. The van der Waals surface area contributed by atoms with Crippen LogP contribution in [0.4, 0.5) is 0 Å². The Hall–Kier alpha value is -3.02. The fourth-order valence-corrected chi connectivity index (χ4v) is 3.51. The first-order valence-corrected chi connectivity index (χ1v) is 9.20. The molecule has 1 aliphatic heterocycles. The zero-order valence-electron chi connectivity index (χ0n) is 16.6. The largest absolute Gasteiger partial charge is 0.497 e. The van der Waals surface area contributed by atoms with Gasteiger partial charge in [0.15, 0.2) is 11.5 Å². The highest BCUT2D eigenvalue weighted by Crippen LogP contribution is 2.38. The average molecular weight is 383 g/mol. The smallest absolute Gasteiger partial charge is 0.315 e. The molecule has 0 saturated heterocycles. The summed E-state index contributed by atoms with van der Waals surface area (Å²) in [5, 5.41) is 0. The van der Waals surface area contributed by atoms with Crippen LogP contribution in [0.2, 0.25) is 0 Å². The minimum Gasteiger partial charge on any atom is -0.497 e. The second kappa shape index (κ2) is 8.78. The van der Waals surface area contributed by atoms with Crippen molar-refractivity contribution < 1.29 is 23.7 Å². The van der Waals surface area contributed by atoms with Gasteiger partial charge in [0.05, 0.1) is 33.6 Å². The van der Waals surface area contributed by atoms with Crippen LogP contribution in [0, 0.1) is 5.92 Å². The summed E-state index contributed by atoms with van der Waals surface area (Å²) in [5.74, 6) is 1.15. The molecule has 0 aromatic heterocycles. The van der Waals surface area contributed by atoms with E-state index in [0.717, 1.165) is 22.6 Å². The van der Waals surface area contributed by atoms with Crippen molar-refractivity contribution in [2.75, 3.05) is 34.5 Å². The van der Waals surface area contributed by atoms with Crippen molar-refractivity contribution >= 4 is 11.7 Å². The van der Waals surface area contributed by atoms with Crippen LogP contribution in [0.25, 0.3) is 0 Å². The molecule has 28 heavy (non-hydrogen) atoms. The first kappa shape index (κ1) is 19.7. The quantitative estimate of drug-likeness (QED) is 0.685. The maximum Gasteiger partial charge on any atom is 0.315 e. The maximum atomic E-state index is 12.8. The number of aliphatic imine (C=N–C) groups is 1. The van der Waals surface area contributed by atoms with Gasteiger partial charge < -0.3 is 18.9 Å². The van der Waals surface area contributed by atoms with Crippen molar-refractivity contribution in [3.63, 3.8) is 0 Å². The Kier molecular flexibility index (Phi) is 6.19. The van der Waals surface area contributed by atoms with Crippen molar-refractivity contribution in [3.8, 4) is 17.2 Å².